The van der Waals surface area contributed by atoms with E-state index in [1.165, 1.54) is 13.2 Å². The molecule has 0 unspecified atom stereocenters. The standard InChI is InChI=1S/C28H30N2O6S/c1-35-26(33)12-22(18-6-8-21(37-2)9-7-18)28-27(34)24(31)11-20(36-28)16-29-13-17-10-19(15-29)23-4-3-5-25(32)30(23)14-17/h3-9,11,17,19,22,34H,10,12-16H2,1-2H3/t17-,19+,22+/m1/s1. The van der Waals surface area contributed by atoms with Crippen LogP contribution in [0, 0.1) is 5.92 Å². The van der Waals surface area contributed by atoms with Gasteiger partial charge in [-0.1, -0.05) is 18.2 Å². The maximum absolute atomic E-state index is 12.8. The van der Waals surface area contributed by atoms with Crippen molar-refractivity contribution in [1.29, 1.82) is 0 Å². The summed E-state index contributed by atoms with van der Waals surface area (Å²) in [5, 5.41) is 10.7. The Balaban J connectivity index is 1.44. The van der Waals surface area contributed by atoms with E-state index in [0.29, 0.717) is 24.8 Å². The smallest absolute Gasteiger partial charge is 0.306 e. The number of fused-ring (bicyclic) bond motifs is 4. The van der Waals surface area contributed by atoms with Gasteiger partial charge in [0, 0.05) is 48.3 Å². The first-order valence-corrected chi connectivity index (χ1v) is 13.6. The third-order valence-corrected chi connectivity index (χ3v) is 8.11. The van der Waals surface area contributed by atoms with Crippen LogP contribution < -0.4 is 11.0 Å². The summed E-state index contributed by atoms with van der Waals surface area (Å²) in [6.45, 7) is 2.59. The lowest BCUT2D eigenvalue weighted by molar-refractivity contribution is -0.140. The van der Waals surface area contributed by atoms with Crippen LogP contribution in [0.1, 0.15) is 47.5 Å². The number of esters is 1. The Bertz CT molecular complexity index is 1410. The molecule has 0 spiro atoms. The maximum Gasteiger partial charge on any atom is 0.306 e. The van der Waals surface area contributed by atoms with Crippen LogP contribution in [0.3, 0.4) is 0 Å². The molecule has 0 aliphatic carbocycles. The number of hydrogen-bond donors (Lipinski definition) is 1. The lowest BCUT2D eigenvalue weighted by Gasteiger charge is -2.42. The van der Waals surface area contributed by atoms with Crippen LogP contribution in [-0.4, -0.2) is 47.0 Å². The van der Waals surface area contributed by atoms with Gasteiger partial charge in [-0.3, -0.25) is 19.3 Å². The van der Waals surface area contributed by atoms with Gasteiger partial charge in [-0.25, -0.2) is 0 Å². The Hall–Kier alpha value is -3.30. The molecule has 9 heteroatoms. The Morgan fingerprint density at radius 2 is 1.95 bits per heavy atom. The number of carbonyl (C=O) groups excluding carboxylic acids is 1. The highest BCUT2D eigenvalue weighted by Gasteiger charge is 2.35. The van der Waals surface area contributed by atoms with Crippen LogP contribution in [0.4, 0.5) is 0 Å². The normalized spacial score (nSPS) is 19.7. The van der Waals surface area contributed by atoms with Gasteiger partial charge in [0.2, 0.25) is 11.2 Å². The number of carbonyl (C=O) groups is 1. The zero-order valence-electron chi connectivity index (χ0n) is 20.9. The molecule has 2 aromatic heterocycles. The van der Waals surface area contributed by atoms with E-state index in [-0.39, 0.29) is 23.7 Å². The molecular formula is C28H30N2O6S. The van der Waals surface area contributed by atoms with E-state index < -0.39 is 23.1 Å². The summed E-state index contributed by atoms with van der Waals surface area (Å²) in [7, 11) is 1.31. The maximum atomic E-state index is 12.8. The Morgan fingerprint density at radius 3 is 2.68 bits per heavy atom. The molecule has 1 saturated heterocycles. The van der Waals surface area contributed by atoms with Crippen molar-refractivity contribution >= 4 is 17.7 Å². The lowest BCUT2D eigenvalue weighted by Crippen LogP contribution is -2.46. The van der Waals surface area contributed by atoms with E-state index in [0.717, 1.165) is 35.7 Å². The number of methoxy groups -OCH3 is 1. The van der Waals surface area contributed by atoms with Crippen molar-refractivity contribution < 1.29 is 19.1 Å². The van der Waals surface area contributed by atoms with Crippen LogP contribution >= 0.6 is 11.8 Å². The molecule has 2 bridgehead atoms. The number of ether oxygens (including phenoxy) is 1. The number of benzene rings is 1. The van der Waals surface area contributed by atoms with Gasteiger partial charge in [0.1, 0.15) is 5.76 Å². The van der Waals surface area contributed by atoms with E-state index >= 15 is 0 Å². The van der Waals surface area contributed by atoms with Crippen molar-refractivity contribution in [3.05, 3.63) is 91.9 Å². The number of hydrogen-bond acceptors (Lipinski definition) is 8. The first kappa shape index (κ1) is 25.4. The van der Waals surface area contributed by atoms with Crippen LogP contribution in [0.2, 0.25) is 0 Å². The van der Waals surface area contributed by atoms with Crippen molar-refractivity contribution in [1.82, 2.24) is 9.47 Å². The Morgan fingerprint density at radius 1 is 1.16 bits per heavy atom. The third-order valence-electron chi connectivity index (χ3n) is 7.37. The van der Waals surface area contributed by atoms with Gasteiger partial charge in [-0.2, -0.15) is 0 Å². The highest BCUT2D eigenvalue weighted by Crippen LogP contribution is 2.37. The summed E-state index contributed by atoms with van der Waals surface area (Å²) in [5.41, 5.74) is 1.29. The van der Waals surface area contributed by atoms with Crippen molar-refractivity contribution in [2.75, 3.05) is 26.5 Å². The lowest BCUT2D eigenvalue weighted by atomic mass is 9.83. The average molecular weight is 523 g/mol. The van der Waals surface area contributed by atoms with Gasteiger partial charge in [0.15, 0.2) is 5.76 Å². The fourth-order valence-electron chi connectivity index (χ4n) is 5.66. The molecule has 0 radical (unpaired) electrons. The van der Waals surface area contributed by atoms with Crippen molar-refractivity contribution in [3.63, 3.8) is 0 Å². The number of rotatable bonds is 7. The van der Waals surface area contributed by atoms with Crippen LogP contribution in [0.15, 0.2) is 67.4 Å². The number of aromatic nitrogens is 1. The highest BCUT2D eigenvalue weighted by molar-refractivity contribution is 7.98. The third kappa shape index (κ3) is 5.24. The van der Waals surface area contributed by atoms with Crippen LogP contribution in [-0.2, 0) is 22.6 Å². The average Bonchev–Trinajstić information content (AvgIpc) is 2.90. The Kier molecular flexibility index (Phi) is 7.26. The minimum atomic E-state index is -0.671. The quantitative estimate of drug-likeness (QED) is 0.371. The summed E-state index contributed by atoms with van der Waals surface area (Å²) in [6, 6.07) is 14.4. The van der Waals surface area contributed by atoms with Gasteiger partial charge in [-0.15, -0.1) is 11.8 Å². The molecule has 37 heavy (non-hydrogen) atoms. The molecule has 4 heterocycles. The van der Waals surface area contributed by atoms with Crippen molar-refractivity contribution in [2.45, 2.75) is 42.7 Å². The number of piperidine rings is 1. The second-order valence-corrected chi connectivity index (χ2v) is 10.7. The number of thioether (sulfide) groups is 1. The molecule has 3 atom stereocenters. The molecule has 8 nitrogen and oxygen atoms in total. The summed E-state index contributed by atoms with van der Waals surface area (Å²) >= 11 is 1.60. The van der Waals surface area contributed by atoms with E-state index in [4.69, 9.17) is 9.15 Å². The van der Waals surface area contributed by atoms with Gasteiger partial charge >= 0.3 is 5.97 Å². The van der Waals surface area contributed by atoms with E-state index in [1.807, 2.05) is 47.2 Å². The molecule has 1 aromatic carbocycles. The summed E-state index contributed by atoms with van der Waals surface area (Å²) in [6.07, 6.45) is 2.92. The second-order valence-electron chi connectivity index (χ2n) is 9.79. The van der Waals surface area contributed by atoms with E-state index in [9.17, 15) is 19.5 Å². The van der Waals surface area contributed by atoms with Crippen LogP contribution in [0.25, 0.3) is 0 Å². The van der Waals surface area contributed by atoms with E-state index in [2.05, 4.69) is 4.90 Å². The largest absolute Gasteiger partial charge is 0.502 e. The summed E-state index contributed by atoms with van der Waals surface area (Å²) in [5.74, 6) is -0.573. The fourth-order valence-corrected chi connectivity index (χ4v) is 6.07. The van der Waals surface area contributed by atoms with Crippen molar-refractivity contribution in [3.8, 4) is 5.75 Å². The topological polar surface area (TPSA) is 102 Å². The fraction of sp³-hybridized carbons (Fsp3) is 0.393. The SMILES string of the molecule is COC(=O)C[C@@H](c1ccc(SC)cc1)c1oc(CN2C[C@H]3C[C@@H](C2)c2cccc(=O)n2C3)cc(=O)c1O. The zero-order chi connectivity index (χ0) is 26.1. The van der Waals surface area contributed by atoms with Gasteiger partial charge in [-0.05, 0) is 42.4 Å². The Labute approximate surface area is 218 Å². The first-order chi connectivity index (χ1) is 17.9. The molecule has 1 fully saturated rings. The zero-order valence-corrected chi connectivity index (χ0v) is 21.7. The van der Waals surface area contributed by atoms with Gasteiger partial charge in [0.05, 0.1) is 26.0 Å². The van der Waals surface area contributed by atoms with Gasteiger partial charge in [0.25, 0.3) is 5.56 Å². The molecule has 2 aliphatic heterocycles. The molecule has 5 rings (SSSR count). The molecule has 3 aromatic rings. The second kappa shape index (κ2) is 10.6. The molecule has 194 valence electrons. The van der Waals surface area contributed by atoms with E-state index in [1.54, 1.807) is 17.8 Å². The molecule has 2 aliphatic rings. The summed E-state index contributed by atoms with van der Waals surface area (Å²) < 4.78 is 12.9. The molecule has 0 saturated carbocycles. The molecule has 1 N–H and O–H groups in total. The van der Waals surface area contributed by atoms with Crippen molar-refractivity contribution in [2.24, 2.45) is 5.92 Å². The monoisotopic (exact) mass is 522 g/mol. The van der Waals surface area contributed by atoms with Gasteiger partial charge < -0.3 is 18.8 Å². The highest BCUT2D eigenvalue weighted by atomic mass is 32.2. The molecule has 0 amide bonds. The minimum absolute atomic E-state index is 0.0389. The minimum Gasteiger partial charge on any atom is -0.502 e. The molecular weight excluding hydrogens is 492 g/mol. The number of aromatic hydroxyl groups is 1. The first-order valence-electron chi connectivity index (χ1n) is 12.3. The number of likely N-dealkylation sites (tertiary alicyclic amines) is 1. The number of pyridine rings is 1. The summed E-state index contributed by atoms with van der Waals surface area (Å²) in [4.78, 5) is 40.7. The predicted octanol–water partition coefficient (Wildman–Crippen LogP) is 3.54. The van der Waals surface area contributed by atoms with Crippen LogP contribution in [0.5, 0.6) is 5.75 Å². The predicted molar refractivity (Wildman–Crippen MR) is 140 cm³/mol. The number of nitrogens with zero attached hydrogens (tertiary/aromatic N) is 2.